The molecule has 4 rings (SSSR count). The van der Waals surface area contributed by atoms with E-state index >= 15 is 0 Å². The number of carbonyl (C=O) groups excluding carboxylic acids is 2. The van der Waals surface area contributed by atoms with Gasteiger partial charge in [0.15, 0.2) is 11.6 Å². The molecular weight excluding hydrogens is 475 g/mol. The highest BCUT2D eigenvalue weighted by molar-refractivity contribution is 5.94. The minimum Gasteiger partial charge on any atom is -0.339 e. The molecular formula is C22H21F5N6O2. The maximum absolute atomic E-state index is 13.4. The standard InChI is InChI=1S/C22H21F5N6O2/c1-12-15(13(2)33-21(28-12)29-20(30-33)22(25,26)27)4-6-18(34)31-7-9-32(10-8-31)19(35)14-3-5-16(23)17(24)11-14/h3,5,11H,4,6-10H2,1-2H3. The summed E-state index contributed by atoms with van der Waals surface area (Å²) >= 11 is 0. The number of aromatic nitrogens is 4. The van der Waals surface area contributed by atoms with Gasteiger partial charge in [-0.3, -0.25) is 9.59 Å². The van der Waals surface area contributed by atoms with Gasteiger partial charge in [-0.05, 0) is 44.0 Å². The highest BCUT2D eigenvalue weighted by atomic mass is 19.4. The Balaban J connectivity index is 1.38. The molecule has 1 saturated heterocycles. The number of rotatable bonds is 4. The van der Waals surface area contributed by atoms with Crippen LogP contribution in [-0.2, 0) is 17.4 Å². The lowest BCUT2D eigenvalue weighted by Gasteiger charge is -2.35. The van der Waals surface area contributed by atoms with Gasteiger partial charge in [0.05, 0.1) is 0 Å². The normalized spacial score (nSPS) is 14.6. The molecule has 186 valence electrons. The Hall–Kier alpha value is -3.64. The van der Waals surface area contributed by atoms with Crippen molar-refractivity contribution in [1.29, 1.82) is 0 Å². The average molecular weight is 496 g/mol. The molecule has 0 unspecified atom stereocenters. The summed E-state index contributed by atoms with van der Waals surface area (Å²) in [4.78, 5) is 35.9. The summed E-state index contributed by atoms with van der Waals surface area (Å²) < 4.78 is 66.4. The van der Waals surface area contributed by atoms with E-state index in [0.29, 0.717) is 17.0 Å². The third kappa shape index (κ3) is 4.93. The van der Waals surface area contributed by atoms with Gasteiger partial charge in [0.1, 0.15) is 0 Å². The highest BCUT2D eigenvalue weighted by Crippen LogP contribution is 2.27. The van der Waals surface area contributed by atoms with Crippen LogP contribution in [0.2, 0.25) is 0 Å². The molecule has 0 N–H and O–H groups in total. The molecule has 3 aromatic rings. The van der Waals surface area contributed by atoms with Gasteiger partial charge in [0.2, 0.25) is 5.91 Å². The van der Waals surface area contributed by atoms with Crippen molar-refractivity contribution in [3.8, 4) is 0 Å². The van der Waals surface area contributed by atoms with E-state index in [1.165, 1.54) is 11.0 Å². The quantitative estimate of drug-likeness (QED) is 0.519. The molecule has 0 bridgehead atoms. The van der Waals surface area contributed by atoms with Crippen molar-refractivity contribution < 1.29 is 31.5 Å². The van der Waals surface area contributed by atoms with E-state index in [0.717, 1.165) is 16.6 Å². The fourth-order valence-corrected chi connectivity index (χ4v) is 4.05. The van der Waals surface area contributed by atoms with Crippen LogP contribution in [0.4, 0.5) is 22.0 Å². The monoisotopic (exact) mass is 496 g/mol. The van der Waals surface area contributed by atoms with Gasteiger partial charge in [-0.25, -0.2) is 18.3 Å². The molecule has 35 heavy (non-hydrogen) atoms. The van der Waals surface area contributed by atoms with E-state index in [9.17, 15) is 31.5 Å². The Kier molecular flexibility index (Phi) is 6.43. The Labute approximate surface area is 196 Å². The molecule has 1 aromatic carbocycles. The topological polar surface area (TPSA) is 83.7 Å². The van der Waals surface area contributed by atoms with Crippen LogP contribution < -0.4 is 0 Å². The molecule has 0 spiro atoms. The molecule has 3 heterocycles. The number of fused-ring (bicyclic) bond motifs is 1. The number of halogens is 5. The SMILES string of the molecule is Cc1nc2nc(C(F)(F)F)nn2c(C)c1CCC(=O)N1CCN(C(=O)c2ccc(F)c(F)c2)CC1. The molecule has 2 amide bonds. The van der Waals surface area contributed by atoms with E-state index < -0.39 is 29.5 Å². The second-order valence-electron chi connectivity index (χ2n) is 8.21. The van der Waals surface area contributed by atoms with Crippen LogP contribution in [0, 0.1) is 25.5 Å². The Morgan fingerprint density at radius 3 is 2.26 bits per heavy atom. The van der Waals surface area contributed by atoms with Crippen molar-refractivity contribution >= 4 is 17.6 Å². The summed E-state index contributed by atoms with van der Waals surface area (Å²) in [6.07, 6.45) is -4.36. The molecule has 0 aliphatic carbocycles. The zero-order valence-electron chi connectivity index (χ0n) is 18.9. The van der Waals surface area contributed by atoms with E-state index in [-0.39, 0.29) is 56.3 Å². The maximum atomic E-state index is 13.4. The lowest BCUT2D eigenvalue weighted by atomic mass is 10.1. The second kappa shape index (κ2) is 9.19. The molecule has 0 radical (unpaired) electrons. The summed E-state index contributed by atoms with van der Waals surface area (Å²) in [6.45, 7) is 4.22. The third-order valence-corrected chi connectivity index (χ3v) is 5.98. The Bertz CT molecular complexity index is 1300. The number of hydrogen-bond donors (Lipinski definition) is 0. The molecule has 8 nitrogen and oxygen atoms in total. The van der Waals surface area contributed by atoms with E-state index in [2.05, 4.69) is 15.1 Å². The summed E-state index contributed by atoms with van der Waals surface area (Å²) in [5.41, 5.74) is 1.52. The van der Waals surface area contributed by atoms with Crippen LogP contribution in [0.5, 0.6) is 0 Å². The predicted octanol–water partition coefficient (Wildman–Crippen LogP) is 2.96. The number of alkyl halides is 3. The van der Waals surface area contributed by atoms with E-state index in [1.807, 2.05) is 0 Å². The zero-order valence-corrected chi connectivity index (χ0v) is 18.9. The summed E-state index contributed by atoms with van der Waals surface area (Å²) in [5.74, 6) is -4.23. The van der Waals surface area contributed by atoms with E-state index in [1.54, 1.807) is 18.7 Å². The molecule has 0 saturated carbocycles. The summed E-state index contributed by atoms with van der Waals surface area (Å²) in [7, 11) is 0. The van der Waals surface area contributed by atoms with Gasteiger partial charge in [-0.1, -0.05) is 0 Å². The molecule has 13 heteroatoms. The number of nitrogens with zero attached hydrogens (tertiary/aromatic N) is 6. The molecule has 1 fully saturated rings. The van der Waals surface area contributed by atoms with Gasteiger partial charge >= 0.3 is 6.18 Å². The van der Waals surface area contributed by atoms with Crippen LogP contribution in [0.25, 0.3) is 5.78 Å². The van der Waals surface area contributed by atoms with Gasteiger partial charge in [-0.2, -0.15) is 18.2 Å². The predicted molar refractivity (Wildman–Crippen MR) is 112 cm³/mol. The number of carbonyl (C=O) groups is 2. The van der Waals surface area contributed by atoms with Gasteiger partial charge in [-0.15, -0.1) is 5.10 Å². The van der Waals surface area contributed by atoms with Crippen LogP contribution >= 0.6 is 0 Å². The number of piperazine rings is 1. The minimum atomic E-state index is -4.70. The molecule has 1 aliphatic heterocycles. The van der Waals surface area contributed by atoms with Gasteiger partial charge < -0.3 is 9.80 Å². The van der Waals surface area contributed by atoms with E-state index in [4.69, 9.17) is 0 Å². The van der Waals surface area contributed by atoms with Gasteiger partial charge in [0, 0.05) is 49.6 Å². The minimum absolute atomic E-state index is 0.0271. The molecule has 2 aromatic heterocycles. The van der Waals surface area contributed by atoms with Crippen LogP contribution in [0.15, 0.2) is 18.2 Å². The summed E-state index contributed by atoms with van der Waals surface area (Å²) in [6, 6.07) is 2.94. The first-order chi connectivity index (χ1) is 16.5. The molecule has 1 aliphatic rings. The number of benzene rings is 1. The van der Waals surface area contributed by atoms with Crippen LogP contribution in [0.1, 0.15) is 39.6 Å². The van der Waals surface area contributed by atoms with Crippen molar-refractivity contribution in [1.82, 2.24) is 29.4 Å². The van der Waals surface area contributed by atoms with Crippen molar-refractivity contribution in [2.24, 2.45) is 0 Å². The number of hydrogen-bond acceptors (Lipinski definition) is 5. The van der Waals surface area contributed by atoms with Crippen molar-refractivity contribution in [2.45, 2.75) is 32.9 Å². The highest BCUT2D eigenvalue weighted by Gasteiger charge is 2.37. The fraction of sp³-hybridized carbons (Fsp3) is 0.409. The first-order valence-corrected chi connectivity index (χ1v) is 10.8. The Morgan fingerprint density at radius 1 is 0.971 bits per heavy atom. The molecule has 0 atom stereocenters. The average Bonchev–Trinajstić information content (AvgIpc) is 3.25. The lowest BCUT2D eigenvalue weighted by Crippen LogP contribution is -2.50. The van der Waals surface area contributed by atoms with Crippen LogP contribution in [0.3, 0.4) is 0 Å². The zero-order chi connectivity index (χ0) is 25.5. The van der Waals surface area contributed by atoms with Crippen molar-refractivity contribution in [3.63, 3.8) is 0 Å². The fourth-order valence-electron chi connectivity index (χ4n) is 4.05. The second-order valence-corrected chi connectivity index (χ2v) is 8.21. The number of aryl methyl sites for hydroxylation is 2. The number of amides is 2. The van der Waals surface area contributed by atoms with Crippen molar-refractivity contribution in [3.05, 3.63) is 58.2 Å². The van der Waals surface area contributed by atoms with Crippen molar-refractivity contribution in [2.75, 3.05) is 26.2 Å². The first-order valence-electron chi connectivity index (χ1n) is 10.8. The lowest BCUT2D eigenvalue weighted by molar-refractivity contribution is -0.144. The largest absolute Gasteiger partial charge is 0.453 e. The van der Waals surface area contributed by atoms with Gasteiger partial charge in [0.25, 0.3) is 17.5 Å². The maximum Gasteiger partial charge on any atom is 0.453 e. The smallest absolute Gasteiger partial charge is 0.339 e. The van der Waals surface area contributed by atoms with Crippen LogP contribution in [-0.4, -0.2) is 67.4 Å². The third-order valence-electron chi connectivity index (χ3n) is 5.98. The first kappa shape index (κ1) is 24.5. The summed E-state index contributed by atoms with van der Waals surface area (Å²) in [5, 5.41) is 3.50. The Morgan fingerprint density at radius 2 is 1.63 bits per heavy atom.